The smallest absolute Gasteiger partial charge is 0.408 e. The molecule has 2 rings (SSSR count). The molecule has 0 fully saturated rings. The summed E-state index contributed by atoms with van der Waals surface area (Å²) in [6, 6.07) is 6.87. The standard InChI is InChI=1S/C23H34N4O5S/c1-15(2)13-17(24-21(30)32-23(3,4)5)20(29)25-26-22(31)33-14-19(28)27-12-8-10-16-9-6-7-11-18(16)27/h6-7,9,11,15,17H,8,10,12-14H2,1-5H3,(H,24,30)(H,25,29)(H,26,31)/t17-/m1/s1. The van der Waals surface area contributed by atoms with Gasteiger partial charge in [-0.05, 0) is 57.6 Å². The van der Waals surface area contributed by atoms with Crippen molar-refractivity contribution in [1.29, 1.82) is 0 Å². The molecule has 1 aliphatic rings. The van der Waals surface area contributed by atoms with Crippen LogP contribution in [-0.2, 0) is 20.7 Å². The van der Waals surface area contributed by atoms with Crippen molar-refractivity contribution in [3.05, 3.63) is 29.8 Å². The Kier molecular flexibility index (Phi) is 9.57. The molecule has 1 aromatic rings. The van der Waals surface area contributed by atoms with E-state index in [1.165, 1.54) is 0 Å². The zero-order valence-corrected chi connectivity index (χ0v) is 20.7. The van der Waals surface area contributed by atoms with Gasteiger partial charge in [0.15, 0.2) is 0 Å². The van der Waals surface area contributed by atoms with Crippen LogP contribution in [-0.4, -0.2) is 47.1 Å². The molecule has 1 heterocycles. The van der Waals surface area contributed by atoms with Crippen molar-refractivity contribution in [3.63, 3.8) is 0 Å². The number of hydrogen-bond donors (Lipinski definition) is 3. The van der Waals surface area contributed by atoms with Gasteiger partial charge < -0.3 is 15.0 Å². The number of benzene rings is 1. The topological polar surface area (TPSA) is 117 Å². The van der Waals surface area contributed by atoms with Crippen molar-refractivity contribution in [2.45, 2.75) is 65.5 Å². The number of rotatable bonds is 6. The number of para-hydroxylation sites is 1. The third kappa shape index (κ3) is 8.95. The van der Waals surface area contributed by atoms with Gasteiger partial charge in [-0.1, -0.05) is 43.8 Å². The lowest BCUT2D eigenvalue weighted by Crippen LogP contribution is -2.53. The maximum atomic E-state index is 12.6. The van der Waals surface area contributed by atoms with Crippen LogP contribution in [0, 0.1) is 5.92 Å². The number of carbonyl (C=O) groups is 4. The van der Waals surface area contributed by atoms with Gasteiger partial charge in [-0.15, -0.1) is 0 Å². The minimum atomic E-state index is -0.878. The number of aryl methyl sites for hydroxylation is 1. The minimum Gasteiger partial charge on any atom is -0.444 e. The third-order valence-electron chi connectivity index (χ3n) is 4.74. The second kappa shape index (κ2) is 11.9. The summed E-state index contributed by atoms with van der Waals surface area (Å²) in [7, 11) is 0. The Morgan fingerprint density at radius 1 is 1.12 bits per heavy atom. The van der Waals surface area contributed by atoms with E-state index in [0.717, 1.165) is 35.9 Å². The lowest BCUT2D eigenvalue weighted by atomic mass is 10.0. The number of hydrazine groups is 1. The van der Waals surface area contributed by atoms with E-state index in [9.17, 15) is 19.2 Å². The van der Waals surface area contributed by atoms with Crippen LogP contribution in [0.4, 0.5) is 15.3 Å². The molecule has 0 unspecified atom stereocenters. The lowest BCUT2D eigenvalue weighted by Gasteiger charge is -2.29. The maximum Gasteiger partial charge on any atom is 0.408 e. The number of amides is 4. The summed E-state index contributed by atoms with van der Waals surface area (Å²) < 4.78 is 5.21. The normalized spacial score (nSPS) is 14.2. The highest BCUT2D eigenvalue weighted by molar-refractivity contribution is 8.14. The van der Waals surface area contributed by atoms with E-state index in [4.69, 9.17) is 4.74 Å². The first-order valence-corrected chi connectivity index (χ1v) is 12.0. The van der Waals surface area contributed by atoms with Crippen LogP contribution in [0.5, 0.6) is 0 Å². The summed E-state index contributed by atoms with van der Waals surface area (Å²) in [6.07, 6.45) is 1.45. The number of alkyl carbamates (subject to hydrolysis) is 1. The first kappa shape index (κ1) is 26.5. The Bertz CT molecular complexity index is 869. The molecule has 1 aromatic carbocycles. The molecule has 0 aromatic heterocycles. The van der Waals surface area contributed by atoms with E-state index in [1.54, 1.807) is 25.7 Å². The van der Waals surface area contributed by atoms with E-state index in [0.29, 0.717) is 13.0 Å². The summed E-state index contributed by atoms with van der Waals surface area (Å²) in [5.41, 5.74) is 5.92. The summed E-state index contributed by atoms with van der Waals surface area (Å²) >= 11 is 0.774. The largest absolute Gasteiger partial charge is 0.444 e. The van der Waals surface area contributed by atoms with Gasteiger partial charge in [-0.3, -0.25) is 25.2 Å². The van der Waals surface area contributed by atoms with E-state index < -0.39 is 28.9 Å². The predicted octanol–water partition coefficient (Wildman–Crippen LogP) is 3.38. The Balaban J connectivity index is 1.83. The van der Waals surface area contributed by atoms with Crippen molar-refractivity contribution in [2.24, 2.45) is 5.92 Å². The van der Waals surface area contributed by atoms with E-state index in [-0.39, 0.29) is 17.6 Å². The Morgan fingerprint density at radius 2 is 1.82 bits per heavy atom. The number of ether oxygens (including phenoxy) is 1. The first-order chi connectivity index (χ1) is 15.5. The molecule has 10 heteroatoms. The summed E-state index contributed by atoms with van der Waals surface area (Å²) in [6.45, 7) is 9.62. The molecular weight excluding hydrogens is 444 g/mol. The van der Waals surface area contributed by atoms with Gasteiger partial charge in [-0.2, -0.15) is 0 Å². The Hall–Kier alpha value is -2.75. The quantitative estimate of drug-likeness (QED) is 0.540. The average Bonchev–Trinajstić information content (AvgIpc) is 2.73. The second-order valence-electron chi connectivity index (χ2n) is 9.30. The Morgan fingerprint density at radius 3 is 2.48 bits per heavy atom. The zero-order chi connectivity index (χ0) is 24.6. The van der Waals surface area contributed by atoms with Gasteiger partial charge >= 0.3 is 6.09 Å². The zero-order valence-electron chi connectivity index (χ0n) is 19.9. The summed E-state index contributed by atoms with van der Waals surface area (Å²) in [5.74, 6) is -0.676. The van der Waals surface area contributed by atoms with Crippen LogP contribution in [0.15, 0.2) is 24.3 Å². The van der Waals surface area contributed by atoms with Gasteiger partial charge in [0.2, 0.25) is 5.91 Å². The van der Waals surface area contributed by atoms with Crippen LogP contribution < -0.4 is 21.1 Å². The Labute approximate surface area is 199 Å². The highest BCUT2D eigenvalue weighted by Gasteiger charge is 2.26. The third-order valence-corrected chi connectivity index (χ3v) is 5.50. The van der Waals surface area contributed by atoms with Crippen molar-refractivity contribution in [1.82, 2.24) is 16.2 Å². The molecule has 3 N–H and O–H groups in total. The number of nitrogens with one attached hydrogen (secondary N) is 3. The monoisotopic (exact) mass is 478 g/mol. The summed E-state index contributed by atoms with van der Waals surface area (Å²) in [5, 5.41) is 1.97. The maximum absolute atomic E-state index is 12.6. The fourth-order valence-corrected chi connectivity index (χ4v) is 3.92. The van der Waals surface area contributed by atoms with Crippen molar-refractivity contribution < 1.29 is 23.9 Å². The number of carbonyl (C=O) groups excluding carboxylic acids is 4. The SMILES string of the molecule is CC(C)C[C@@H](NC(=O)OC(C)(C)C)C(=O)NNC(=O)SCC(=O)N1CCCc2ccccc21. The fraction of sp³-hybridized carbons (Fsp3) is 0.565. The molecule has 1 aliphatic heterocycles. The molecule has 0 saturated heterocycles. The van der Waals surface area contributed by atoms with Crippen molar-refractivity contribution in [3.8, 4) is 0 Å². The average molecular weight is 479 g/mol. The highest BCUT2D eigenvalue weighted by atomic mass is 32.2. The van der Waals surface area contributed by atoms with Crippen LogP contribution in [0.3, 0.4) is 0 Å². The van der Waals surface area contributed by atoms with Crippen molar-refractivity contribution in [2.75, 3.05) is 17.2 Å². The van der Waals surface area contributed by atoms with Crippen LogP contribution >= 0.6 is 11.8 Å². The number of fused-ring (bicyclic) bond motifs is 1. The van der Waals surface area contributed by atoms with E-state index in [1.807, 2.05) is 38.1 Å². The molecule has 0 aliphatic carbocycles. The van der Waals surface area contributed by atoms with E-state index in [2.05, 4.69) is 16.2 Å². The van der Waals surface area contributed by atoms with Crippen molar-refractivity contribution >= 4 is 40.6 Å². The molecule has 0 spiro atoms. The number of thioether (sulfide) groups is 1. The fourth-order valence-electron chi connectivity index (χ4n) is 3.39. The predicted molar refractivity (Wildman–Crippen MR) is 129 cm³/mol. The van der Waals surface area contributed by atoms with Crippen LogP contribution in [0.1, 0.15) is 53.0 Å². The highest BCUT2D eigenvalue weighted by Crippen LogP contribution is 2.27. The number of nitrogens with zero attached hydrogens (tertiary/aromatic N) is 1. The van der Waals surface area contributed by atoms with E-state index >= 15 is 0 Å². The molecule has 1 atom stereocenters. The molecular formula is C23H34N4O5S. The summed E-state index contributed by atoms with van der Waals surface area (Å²) in [4.78, 5) is 51.1. The molecule has 0 saturated carbocycles. The number of hydrogen-bond acceptors (Lipinski definition) is 6. The lowest BCUT2D eigenvalue weighted by molar-refractivity contribution is -0.124. The van der Waals surface area contributed by atoms with Crippen LogP contribution in [0.25, 0.3) is 0 Å². The second-order valence-corrected chi connectivity index (χ2v) is 10.2. The van der Waals surface area contributed by atoms with Gasteiger partial charge in [0.1, 0.15) is 11.6 Å². The van der Waals surface area contributed by atoms with Gasteiger partial charge in [-0.25, -0.2) is 4.79 Å². The van der Waals surface area contributed by atoms with Gasteiger partial charge in [0.05, 0.1) is 5.75 Å². The first-order valence-electron chi connectivity index (χ1n) is 11.1. The molecule has 0 bridgehead atoms. The molecule has 9 nitrogen and oxygen atoms in total. The molecule has 33 heavy (non-hydrogen) atoms. The molecule has 182 valence electrons. The molecule has 4 amide bonds. The number of anilines is 1. The minimum absolute atomic E-state index is 0.0539. The molecule has 0 radical (unpaired) electrons. The van der Waals surface area contributed by atoms with Gasteiger partial charge in [0, 0.05) is 12.2 Å². The van der Waals surface area contributed by atoms with Gasteiger partial charge in [0.25, 0.3) is 11.1 Å². The van der Waals surface area contributed by atoms with Crippen LogP contribution in [0.2, 0.25) is 0 Å².